The highest BCUT2D eigenvalue weighted by Gasteiger charge is 2.40. The molecule has 0 saturated heterocycles. The molecule has 0 spiro atoms. The van der Waals surface area contributed by atoms with E-state index in [2.05, 4.69) is 65.0 Å². The Morgan fingerprint density at radius 1 is 1.00 bits per heavy atom. The molecule has 0 bridgehead atoms. The minimum absolute atomic E-state index is 0.272. The molecule has 0 fully saturated rings. The summed E-state index contributed by atoms with van der Waals surface area (Å²) in [6.07, 6.45) is 3.26. The zero-order valence-corrected chi connectivity index (χ0v) is 18.9. The van der Waals surface area contributed by atoms with Gasteiger partial charge in [-0.1, -0.05) is 35.9 Å². The number of anilines is 1. The Kier molecular flexibility index (Phi) is 4.73. The monoisotopic (exact) mass is 456 g/mol. The van der Waals surface area contributed by atoms with Gasteiger partial charge in [-0.2, -0.15) is 10.1 Å². The molecule has 1 aromatic heterocycles. The van der Waals surface area contributed by atoms with Crippen molar-refractivity contribution in [3.63, 3.8) is 0 Å². The maximum absolute atomic E-state index is 13.8. The zero-order chi connectivity index (χ0) is 22.5. The van der Waals surface area contributed by atoms with E-state index in [0.29, 0.717) is 5.95 Å². The van der Waals surface area contributed by atoms with Gasteiger partial charge in [-0.3, -0.25) is 0 Å². The van der Waals surface area contributed by atoms with E-state index in [1.807, 2.05) is 10.7 Å². The summed E-state index contributed by atoms with van der Waals surface area (Å²) in [5.41, 5.74) is 6.08. The minimum atomic E-state index is -0.342. The Hall–Kier alpha value is -3.58. The lowest BCUT2D eigenvalue weighted by Crippen LogP contribution is -2.32. The zero-order valence-electron chi connectivity index (χ0n) is 18.1. The van der Waals surface area contributed by atoms with Gasteiger partial charge in [0.25, 0.3) is 0 Å². The normalized spacial score (nSPS) is 18.6. The first-order valence-electron chi connectivity index (χ1n) is 10.7. The van der Waals surface area contributed by atoms with Gasteiger partial charge < -0.3 is 10.1 Å². The predicted molar refractivity (Wildman–Crippen MR) is 128 cm³/mol. The lowest BCUT2D eigenvalue weighted by atomic mass is 9.84. The van der Waals surface area contributed by atoms with E-state index >= 15 is 0 Å². The Morgan fingerprint density at radius 3 is 2.52 bits per heavy atom. The van der Waals surface area contributed by atoms with Crippen LogP contribution in [0.3, 0.4) is 0 Å². The Balaban J connectivity index is 1.61. The van der Waals surface area contributed by atoms with Gasteiger partial charge in [0, 0.05) is 16.0 Å². The second kappa shape index (κ2) is 7.78. The number of nitrogens with one attached hydrogen (secondary N) is 1. The number of hydrogen-bond donors (Lipinski definition) is 1. The van der Waals surface area contributed by atoms with Crippen LogP contribution in [0.1, 0.15) is 34.4 Å². The Bertz CT molecular complexity index is 1380. The number of aromatic nitrogens is 3. The van der Waals surface area contributed by atoms with Gasteiger partial charge in [0.05, 0.1) is 5.70 Å². The second-order valence-corrected chi connectivity index (χ2v) is 9.09. The van der Waals surface area contributed by atoms with Crippen LogP contribution in [-0.4, -0.2) is 21.0 Å². The van der Waals surface area contributed by atoms with Crippen LogP contribution in [0.25, 0.3) is 5.70 Å². The summed E-state index contributed by atoms with van der Waals surface area (Å²) in [7, 11) is 0. The molecule has 0 unspecified atom stereocenters. The van der Waals surface area contributed by atoms with Crippen LogP contribution >= 0.6 is 11.8 Å². The molecule has 33 heavy (non-hydrogen) atoms. The first-order valence-corrected chi connectivity index (χ1v) is 11.9. The minimum Gasteiger partial charge on any atom is -0.480 e. The van der Waals surface area contributed by atoms with Crippen molar-refractivity contribution in [2.24, 2.45) is 0 Å². The van der Waals surface area contributed by atoms with E-state index in [-0.39, 0.29) is 18.0 Å². The average Bonchev–Trinajstić information content (AvgIpc) is 3.31. The van der Waals surface area contributed by atoms with Crippen LogP contribution in [0.5, 0.6) is 5.75 Å². The van der Waals surface area contributed by atoms with Crippen molar-refractivity contribution >= 4 is 23.4 Å². The molecule has 3 aromatic carbocycles. The van der Waals surface area contributed by atoms with Crippen molar-refractivity contribution in [3.05, 3.63) is 107 Å². The summed E-state index contributed by atoms with van der Waals surface area (Å²) in [6, 6.07) is 20.9. The fourth-order valence-corrected chi connectivity index (χ4v) is 5.01. The molecule has 2 aliphatic heterocycles. The molecule has 4 aromatic rings. The van der Waals surface area contributed by atoms with E-state index in [4.69, 9.17) is 4.74 Å². The van der Waals surface area contributed by atoms with Crippen molar-refractivity contribution in [3.8, 4) is 5.75 Å². The van der Waals surface area contributed by atoms with Crippen LogP contribution in [0.4, 0.5) is 10.3 Å². The summed E-state index contributed by atoms with van der Waals surface area (Å²) in [6.45, 7) is 2.07. The number of ether oxygens (including phenoxy) is 1. The summed E-state index contributed by atoms with van der Waals surface area (Å²) >= 11 is 1.70. The maximum Gasteiger partial charge on any atom is 0.226 e. The fraction of sp³-hybridized carbons (Fsp3) is 0.154. The Morgan fingerprint density at radius 2 is 1.76 bits per heavy atom. The third kappa shape index (κ3) is 3.31. The standard InChI is InChI=1S/C26H21FN4OS/c1-15-3-12-21-20(13-15)23-22(25(32-21)17-6-10-19(33-2)11-7-17)24(16-4-8-18(27)9-5-16)31-26(30-23)28-14-29-31/h3-14,24-25H,1-2H3,(H,28,29,30)/t24-,25-/m1/s1. The summed E-state index contributed by atoms with van der Waals surface area (Å²) in [4.78, 5) is 5.64. The van der Waals surface area contributed by atoms with Gasteiger partial charge in [0.1, 0.15) is 30.0 Å². The molecule has 7 heteroatoms. The smallest absolute Gasteiger partial charge is 0.226 e. The van der Waals surface area contributed by atoms with Crippen molar-refractivity contribution < 1.29 is 9.13 Å². The van der Waals surface area contributed by atoms with Crippen molar-refractivity contribution in [1.82, 2.24) is 14.8 Å². The molecular formula is C26H21FN4OS. The van der Waals surface area contributed by atoms with Crippen LogP contribution < -0.4 is 10.1 Å². The van der Waals surface area contributed by atoms with Gasteiger partial charge >= 0.3 is 0 Å². The third-order valence-electron chi connectivity index (χ3n) is 6.17. The van der Waals surface area contributed by atoms with Gasteiger partial charge in [-0.25, -0.2) is 9.07 Å². The first-order chi connectivity index (χ1) is 16.1. The highest BCUT2D eigenvalue weighted by molar-refractivity contribution is 7.98. The van der Waals surface area contributed by atoms with Crippen LogP contribution in [0, 0.1) is 12.7 Å². The largest absolute Gasteiger partial charge is 0.480 e. The summed E-state index contributed by atoms with van der Waals surface area (Å²) < 4.78 is 22.3. The molecule has 164 valence electrons. The molecule has 0 saturated carbocycles. The maximum atomic E-state index is 13.8. The van der Waals surface area contributed by atoms with Gasteiger partial charge in [-0.15, -0.1) is 11.8 Å². The highest BCUT2D eigenvalue weighted by atomic mass is 32.2. The van der Waals surface area contributed by atoms with Crippen molar-refractivity contribution in [2.45, 2.75) is 24.0 Å². The van der Waals surface area contributed by atoms with Gasteiger partial charge in [-0.05, 0) is 60.7 Å². The average molecular weight is 457 g/mol. The number of thioether (sulfide) groups is 1. The molecule has 3 heterocycles. The number of fused-ring (bicyclic) bond motifs is 3. The predicted octanol–water partition coefficient (Wildman–Crippen LogP) is 6.01. The summed E-state index contributed by atoms with van der Waals surface area (Å²) in [5.74, 6) is 1.19. The van der Waals surface area contributed by atoms with E-state index in [9.17, 15) is 4.39 Å². The number of halogens is 1. The lowest BCUT2D eigenvalue weighted by molar-refractivity contribution is 0.223. The van der Waals surface area contributed by atoms with Crippen molar-refractivity contribution in [1.29, 1.82) is 0 Å². The molecule has 2 atom stereocenters. The molecule has 6 rings (SSSR count). The number of aryl methyl sites for hydroxylation is 1. The SMILES string of the molecule is CSc1ccc([C@H]2Oc3ccc(C)cc3C3=C2[C@@H](c2ccc(F)cc2)n2ncnc2N3)cc1. The number of nitrogens with zero attached hydrogens (tertiary/aromatic N) is 3. The van der Waals surface area contributed by atoms with Gasteiger partial charge in [0.2, 0.25) is 5.95 Å². The van der Waals surface area contributed by atoms with Gasteiger partial charge in [0.15, 0.2) is 0 Å². The summed E-state index contributed by atoms with van der Waals surface area (Å²) in [5, 5.41) is 8.02. The molecule has 2 aliphatic rings. The van der Waals surface area contributed by atoms with E-state index < -0.39 is 0 Å². The number of benzene rings is 3. The number of hydrogen-bond acceptors (Lipinski definition) is 5. The topological polar surface area (TPSA) is 52.0 Å². The molecular weight excluding hydrogens is 435 g/mol. The number of rotatable bonds is 3. The van der Waals surface area contributed by atoms with Crippen molar-refractivity contribution in [2.75, 3.05) is 11.6 Å². The molecule has 0 radical (unpaired) electrons. The van der Waals surface area contributed by atoms with E-state index in [1.54, 1.807) is 23.9 Å². The molecule has 0 amide bonds. The molecule has 1 N–H and O–H groups in total. The molecule has 0 aliphatic carbocycles. The highest BCUT2D eigenvalue weighted by Crippen LogP contribution is 2.50. The van der Waals surface area contributed by atoms with E-state index in [0.717, 1.165) is 39.3 Å². The van der Waals surface area contributed by atoms with E-state index in [1.165, 1.54) is 23.4 Å². The first kappa shape index (κ1) is 20.1. The quantitative estimate of drug-likeness (QED) is 0.383. The second-order valence-electron chi connectivity index (χ2n) is 8.21. The molecule has 5 nitrogen and oxygen atoms in total. The Labute approximate surface area is 195 Å². The third-order valence-corrected chi connectivity index (χ3v) is 6.92. The lowest BCUT2D eigenvalue weighted by Gasteiger charge is -2.39. The van der Waals surface area contributed by atoms with Crippen LogP contribution in [0.2, 0.25) is 0 Å². The fourth-order valence-electron chi connectivity index (χ4n) is 4.60. The van der Waals surface area contributed by atoms with Crippen LogP contribution in [0.15, 0.2) is 83.5 Å². The van der Waals surface area contributed by atoms with Crippen LogP contribution in [-0.2, 0) is 0 Å².